The number of para-hydroxylation sites is 2. The van der Waals surface area contributed by atoms with Gasteiger partial charge in [0.1, 0.15) is 11.0 Å². The molecular formula is C33H25N3O2S. The summed E-state index contributed by atoms with van der Waals surface area (Å²) in [4.78, 5) is 14.3. The highest BCUT2D eigenvalue weighted by atomic mass is 32.1. The van der Waals surface area contributed by atoms with Crippen molar-refractivity contribution in [1.82, 2.24) is 8.75 Å². The molecule has 0 aliphatic rings. The monoisotopic (exact) mass is 527 g/mol. The first kappa shape index (κ1) is 24.5. The maximum atomic E-state index is 12.0. The number of hydrogen-bond acceptors (Lipinski definition) is 6. The molecule has 6 aromatic rings. The number of carbonyl (C=O) groups excluding carboxylic acids is 1. The molecule has 0 unspecified atom stereocenters. The zero-order valence-electron chi connectivity index (χ0n) is 21.3. The number of anilines is 3. The van der Waals surface area contributed by atoms with Crippen LogP contribution in [0.1, 0.15) is 17.3 Å². The third kappa shape index (κ3) is 4.90. The number of aromatic nitrogens is 2. The average Bonchev–Trinajstić information content (AvgIpc) is 3.49. The minimum atomic E-state index is -0.318. The van der Waals surface area contributed by atoms with Crippen molar-refractivity contribution in [1.29, 1.82) is 0 Å². The van der Waals surface area contributed by atoms with Crippen LogP contribution in [0.2, 0.25) is 0 Å². The number of rotatable bonds is 7. The van der Waals surface area contributed by atoms with Crippen LogP contribution in [0.15, 0.2) is 121 Å². The number of hydrogen-bond donors (Lipinski definition) is 0. The number of carbonyl (C=O) groups is 1. The molecule has 0 amide bonds. The topological polar surface area (TPSA) is 55.3 Å². The number of esters is 1. The molecule has 190 valence electrons. The van der Waals surface area contributed by atoms with E-state index < -0.39 is 0 Å². The van der Waals surface area contributed by atoms with Gasteiger partial charge in [-0.05, 0) is 66.6 Å². The number of nitrogens with zero attached hydrogens (tertiary/aromatic N) is 3. The lowest BCUT2D eigenvalue weighted by molar-refractivity contribution is 0.0526. The molecule has 0 saturated heterocycles. The number of ether oxygens (including phenoxy) is 1. The van der Waals surface area contributed by atoms with Gasteiger partial charge in [-0.1, -0.05) is 72.8 Å². The molecule has 0 bridgehead atoms. The Hall–Kier alpha value is -4.81. The molecule has 0 spiro atoms. The maximum Gasteiger partial charge on any atom is 0.338 e. The van der Waals surface area contributed by atoms with E-state index in [0.29, 0.717) is 12.2 Å². The van der Waals surface area contributed by atoms with Crippen LogP contribution < -0.4 is 4.90 Å². The molecule has 0 saturated carbocycles. The normalized spacial score (nSPS) is 10.9. The smallest absolute Gasteiger partial charge is 0.338 e. The van der Waals surface area contributed by atoms with Crippen LogP contribution >= 0.6 is 11.7 Å². The van der Waals surface area contributed by atoms with Gasteiger partial charge in [-0.15, -0.1) is 0 Å². The minimum Gasteiger partial charge on any atom is -0.462 e. The molecule has 1 aromatic heterocycles. The highest BCUT2D eigenvalue weighted by Crippen LogP contribution is 2.38. The van der Waals surface area contributed by atoms with Crippen LogP contribution in [0.4, 0.5) is 17.1 Å². The fourth-order valence-electron chi connectivity index (χ4n) is 4.72. The lowest BCUT2D eigenvalue weighted by atomic mass is 9.97. The SMILES string of the molecule is CCOC(=O)c1ccc(-c2ccc(-c3ccc(N(c4ccccc4)c4ccccc4)cc3)c3nsnc23)cc1. The summed E-state index contributed by atoms with van der Waals surface area (Å²) in [6.07, 6.45) is 0. The van der Waals surface area contributed by atoms with E-state index in [-0.39, 0.29) is 5.97 Å². The zero-order valence-corrected chi connectivity index (χ0v) is 22.1. The summed E-state index contributed by atoms with van der Waals surface area (Å²) in [6, 6.07) is 40.9. The van der Waals surface area contributed by atoms with Crippen molar-refractivity contribution in [3.63, 3.8) is 0 Å². The van der Waals surface area contributed by atoms with Crippen molar-refractivity contribution in [2.45, 2.75) is 6.92 Å². The third-order valence-corrected chi connectivity index (χ3v) is 7.12. The van der Waals surface area contributed by atoms with E-state index in [1.54, 1.807) is 19.1 Å². The van der Waals surface area contributed by atoms with Gasteiger partial charge in [0.05, 0.1) is 23.9 Å². The van der Waals surface area contributed by atoms with Crippen LogP contribution in [0, 0.1) is 0 Å². The van der Waals surface area contributed by atoms with E-state index in [4.69, 9.17) is 4.74 Å². The van der Waals surface area contributed by atoms with Gasteiger partial charge in [-0.3, -0.25) is 0 Å². The van der Waals surface area contributed by atoms with E-state index in [1.165, 1.54) is 11.7 Å². The van der Waals surface area contributed by atoms with E-state index in [9.17, 15) is 4.79 Å². The van der Waals surface area contributed by atoms with Crippen LogP contribution in [0.25, 0.3) is 33.3 Å². The lowest BCUT2D eigenvalue weighted by Crippen LogP contribution is -2.09. The summed E-state index contributed by atoms with van der Waals surface area (Å²) in [5, 5.41) is 0. The zero-order chi connectivity index (χ0) is 26.6. The van der Waals surface area contributed by atoms with Crippen LogP contribution in [0.5, 0.6) is 0 Å². The van der Waals surface area contributed by atoms with E-state index in [2.05, 4.69) is 98.6 Å². The van der Waals surface area contributed by atoms with Gasteiger partial charge in [0, 0.05) is 28.2 Å². The first-order valence-electron chi connectivity index (χ1n) is 12.8. The molecule has 0 aliphatic carbocycles. The summed E-state index contributed by atoms with van der Waals surface area (Å²) < 4.78 is 14.4. The van der Waals surface area contributed by atoms with Crippen LogP contribution in [0.3, 0.4) is 0 Å². The molecule has 0 aliphatic heterocycles. The molecule has 1 heterocycles. The number of benzene rings is 5. The average molecular weight is 528 g/mol. The maximum absolute atomic E-state index is 12.0. The largest absolute Gasteiger partial charge is 0.462 e. The molecule has 0 fully saturated rings. The van der Waals surface area contributed by atoms with Gasteiger partial charge >= 0.3 is 5.97 Å². The molecule has 0 N–H and O–H groups in total. The Balaban J connectivity index is 1.35. The molecule has 6 heteroatoms. The molecule has 39 heavy (non-hydrogen) atoms. The first-order chi connectivity index (χ1) is 19.2. The van der Waals surface area contributed by atoms with Gasteiger partial charge in [0.25, 0.3) is 0 Å². The molecule has 0 radical (unpaired) electrons. The molecule has 5 nitrogen and oxygen atoms in total. The van der Waals surface area contributed by atoms with Crippen molar-refractivity contribution >= 4 is 45.8 Å². The van der Waals surface area contributed by atoms with E-state index in [1.807, 2.05) is 24.3 Å². The number of fused-ring (bicyclic) bond motifs is 1. The second-order valence-corrected chi connectivity index (χ2v) is 9.50. The van der Waals surface area contributed by atoms with Crippen molar-refractivity contribution in [3.05, 3.63) is 127 Å². The Bertz CT molecular complexity index is 1680. The van der Waals surface area contributed by atoms with Crippen LogP contribution in [-0.2, 0) is 4.74 Å². The standard InChI is InChI=1S/C33H25N3O2S/c1-2-38-33(37)25-15-13-23(14-16-25)29-21-22-30(32-31(29)34-39-35-32)24-17-19-28(20-18-24)36(26-9-5-3-6-10-26)27-11-7-4-8-12-27/h3-22H,2H2,1H3. The highest BCUT2D eigenvalue weighted by molar-refractivity contribution is 7.00. The third-order valence-electron chi connectivity index (χ3n) is 6.59. The summed E-state index contributed by atoms with van der Waals surface area (Å²) in [5.74, 6) is -0.318. The first-order valence-corrected chi connectivity index (χ1v) is 13.5. The van der Waals surface area contributed by atoms with Crippen molar-refractivity contribution in [2.75, 3.05) is 11.5 Å². The van der Waals surface area contributed by atoms with Crippen LogP contribution in [-0.4, -0.2) is 21.3 Å². The Morgan fingerprint density at radius 2 is 1.10 bits per heavy atom. The van der Waals surface area contributed by atoms with Gasteiger partial charge in [-0.25, -0.2) is 4.79 Å². The second kappa shape index (κ2) is 10.9. The lowest BCUT2D eigenvalue weighted by Gasteiger charge is -2.25. The molecular weight excluding hydrogens is 502 g/mol. The van der Waals surface area contributed by atoms with Gasteiger partial charge < -0.3 is 9.64 Å². The minimum absolute atomic E-state index is 0.318. The van der Waals surface area contributed by atoms with Crippen molar-refractivity contribution in [3.8, 4) is 22.3 Å². The predicted molar refractivity (Wildman–Crippen MR) is 159 cm³/mol. The summed E-state index contributed by atoms with van der Waals surface area (Å²) >= 11 is 1.21. The predicted octanol–water partition coefficient (Wildman–Crippen LogP) is 8.67. The second-order valence-electron chi connectivity index (χ2n) is 8.97. The fourth-order valence-corrected chi connectivity index (χ4v) is 5.30. The molecule has 5 aromatic carbocycles. The van der Waals surface area contributed by atoms with Gasteiger partial charge in [0.2, 0.25) is 0 Å². The summed E-state index contributed by atoms with van der Waals surface area (Å²) in [6.45, 7) is 2.15. The Morgan fingerprint density at radius 1 is 0.641 bits per heavy atom. The van der Waals surface area contributed by atoms with Crippen molar-refractivity contribution < 1.29 is 9.53 Å². The van der Waals surface area contributed by atoms with E-state index in [0.717, 1.165) is 50.3 Å². The highest BCUT2D eigenvalue weighted by Gasteiger charge is 2.16. The Morgan fingerprint density at radius 3 is 1.59 bits per heavy atom. The Labute approximate surface area is 231 Å². The van der Waals surface area contributed by atoms with Gasteiger partial charge in [0.15, 0.2) is 0 Å². The van der Waals surface area contributed by atoms with Crippen molar-refractivity contribution in [2.24, 2.45) is 0 Å². The summed E-state index contributed by atoms with van der Waals surface area (Å²) in [7, 11) is 0. The van der Waals surface area contributed by atoms with E-state index >= 15 is 0 Å². The van der Waals surface area contributed by atoms with Gasteiger partial charge in [-0.2, -0.15) is 8.75 Å². The Kier molecular flexibility index (Phi) is 6.85. The molecule has 0 atom stereocenters. The summed E-state index contributed by atoms with van der Waals surface area (Å²) in [5.41, 5.74) is 9.57. The fraction of sp³-hybridized carbons (Fsp3) is 0.0606. The molecule has 6 rings (SSSR count). The quantitative estimate of drug-likeness (QED) is 0.194.